The zero-order valence-corrected chi connectivity index (χ0v) is 9.74. The Morgan fingerprint density at radius 2 is 2.31 bits per heavy atom. The molecule has 1 atom stereocenters. The molecule has 0 aromatic carbocycles. The van der Waals surface area contributed by atoms with Gasteiger partial charge < -0.3 is 4.98 Å². The molecule has 1 aromatic rings. The van der Waals surface area contributed by atoms with Crippen molar-refractivity contribution in [2.24, 2.45) is 0 Å². The zero-order valence-electron chi connectivity index (χ0n) is 7.40. The number of H-pyrrole nitrogens is 1. The third-order valence-electron chi connectivity index (χ3n) is 1.66. The predicted molar refractivity (Wildman–Crippen MR) is 56.2 cm³/mol. The van der Waals surface area contributed by atoms with Crippen LogP contribution < -0.4 is 5.56 Å². The monoisotopic (exact) mass is 264 g/mol. The molecule has 1 aromatic heterocycles. The van der Waals surface area contributed by atoms with Gasteiger partial charge >= 0.3 is 0 Å². The number of nitrogens with one attached hydrogen (secondary N) is 1. The smallest absolute Gasteiger partial charge is 0.265 e. The second kappa shape index (κ2) is 4.24. The summed E-state index contributed by atoms with van der Waals surface area (Å²) in [5, 5.41) is -0.272. The Labute approximate surface area is 89.7 Å². The highest BCUT2D eigenvalue weighted by Crippen LogP contribution is 2.16. The van der Waals surface area contributed by atoms with Crippen LogP contribution in [0.2, 0.25) is 0 Å². The van der Waals surface area contributed by atoms with Crippen LogP contribution in [0.1, 0.15) is 30.7 Å². The molecule has 0 bridgehead atoms. The van der Waals surface area contributed by atoms with Gasteiger partial charge in [0.2, 0.25) is 0 Å². The van der Waals surface area contributed by atoms with E-state index in [2.05, 4.69) is 25.9 Å². The van der Waals surface area contributed by atoms with Gasteiger partial charge in [0.25, 0.3) is 5.56 Å². The van der Waals surface area contributed by atoms with Crippen molar-refractivity contribution in [3.63, 3.8) is 0 Å². The molecular weight excluding hydrogens is 255 g/mol. The summed E-state index contributed by atoms with van der Waals surface area (Å²) in [6, 6.07) is 0. The number of aryl methyl sites for hydroxylation is 1. The second-order valence-electron chi connectivity index (χ2n) is 2.68. The number of rotatable bonds is 2. The van der Waals surface area contributed by atoms with Crippen molar-refractivity contribution in [1.29, 1.82) is 0 Å². The molecule has 1 rings (SSSR count). The van der Waals surface area contributed by atoms with Crippen molar-refractivity contribution in [1.82, 2.24) is 9.97 Å². The quantitative estimate of drug-likeness (QED) is 0.835. The van der Waals surface area contributed by atoms with Crippen molar-refractivity contribution in [3.8, 4) is 0 Å². The summed E-state index contributed by atoms with van der Waals surface area (Å²) in [6.45, 7) is 3.71. The summed E-state index contributed by atoms with van der Waals surface area (Å²) in [5.74, 6) is 0.520. The van der Waals surface area contributed by atoms with Crippen molar-refractivity contribution in [2.45, 2.75) is 25.6 Å². The Kier molecular flexibility index (Phi) is 3.50. The highest BCUT2D eigenvalue weighted by molar-refractivity contribution is 9.10. The van der Waals surface area contributed by atoms with Crippen molar-refractivity contribution >= 4 is 27.5 Å². The van der Waals surface area contributed by atoms with Crippen molar-refractivity contribution < 1.29 is 0 Å². The number of alkyl halides is 1. The van der Waals surface area contributed by atoms with Gasteiger partial charge in [-0.3, -0.25) is 4.79 Å². The summed E-state index contributed by atoms with van der Waals surface area (Å²) in [7, 11) is 0. The first-order valence-electron chi connectivity index (χ1n) is 3.99. The maximum absolute atomic E-state index is 11.3. The minimum Gasteiger partial charge on any atom is -0.308 e. The van der Waals surface area contributed by atoms with Gasteiger partial charge in [0.15, 0.2) is 0 Å². The molecule has 0 saturated heterocycles. The van der Waals surface area contributed by atoms with Crippen molar-refractivity contribution in [2.75, 3.05) is 0 Å². The number of aromatic nitrogens is 2. The van der Waals surface area contributed by atoms with Crippen molar-refractivity contribution in [3.05, 3.63) is 26.3 Å². The topological polar surface area (TPSA) is 45.8 Å². The minimum absolute atomic E-state index is 0.172. The molecule has 0 saturated carbocycles. The fourth-order valence-corrected chi connectivity index (χ4v) is 1.52. The molecule has 5 heteroatoms. The molecule has 0 aliphatic rings. The molecule has 72 valence electrons. The van der Waals surface area contributed by atoms with E-state index < -0.39 is 0 Å². The lowest BCUT2D eigenvalue weighted by atomic mass is 10.3. The molecular formula is C8H10BrClN2O. The van der Waals surface area contributed by atoms with Crippen LogP contribution in [0.15, 0.2) is 9.27 Å². The van der Waals surface area contributed by atoms with E-state index >= 15 is 0 Å². The average Bonchev–Trinajstić information content (AvgIpc) is 2.09. The maximum Gasteiger partial charge on any atom is 0.265 e. The highest BCUT2D eigenvalue weighted by atomic mass is 79.9. The minimum atomic E-state index is -0.272. The fourth-order valence-electron chi connectivity index (χ4n) is 0.947. The number of hydrogen-bond donors (Lipinski definition) is 1. The molecule has 0 fully saturated rings. The predicted octanol–water partition coefficient (Wildman–Crippen LogP) is 2.39. The van der Waals surface area contributed by atoms with Gasteiger partial charge in [0, 0.05) is 0 Å². The summed E-state index contributed by atoms with van der Waals surface area (Å²) in [4.78, 5) is 18.1. The Bertz CT molecular complexity index is 362. The van der Waals surface area contributed by atoms with Crippen LogP contribution in [0.25, 0.3) is 0 Å². The molecule has 1 heterocycles. The van der Waals surface area contributed by atoms with Gasteiger partial charge in [0.05, 0.1) is 11.1 Å². The molecule has 0 amide bonds. The van der Waals surface area contributed by atoms with E-state index in [1.165, 1.54) is 0 Å². The summed E-state index contributed by atoms with van der Waals surface area (Å²) in [6.07, 6.45) is 0.709. The number of hydrogen-bond acceptors (Lipinski definition) is 2. The second-order valence-corrected chi connectivity index (χ2v) is 4.13. The van der Waals surface area contributed by atoms with Gasteiger partial charge in [-0.25, -0.2) is 4.98 Å². The average molecular weight is 266 g/mol. The standard InChI is InChI=1S/C8H10BrClN2O/c1-3-5-6(9)8(13)12-7(11-5)4(2)10/h4H,3H2,1-2H3,(H,11,12,13). The van der Waals surface area contributed by atoms with Crippen LogP contribution in [0.5, 0.6) is 0 Å². The van der Waals surface area contributed by atoms with Crippen LogP contribution >= 0.6 is 27.5 Å². The molecule has 0 aliphatic carbocycles. The first-order valence-corrected chi connectivity index (χ1v) is 5.21. The van der Waals surface area contributed by atoms with Crippen LogP contribution in [-0.2, 0) is 6.42 Å². The molecule has 3 nitrogen and oxygen atoms in total. The molecule has 0 radical (unpaired) electrons. The Hall–Kier alpha value is -0.350. The molecule has 1 N–H and O–H groups in total. The summed E-state index contributed by atoms with van der Waals surface area (Å²) >= 11 is 8.98. The first kappa shape index (κ1) is 10.7. The van der Waals surface area contributed by atoms with E-state index in [-0.39, 0.29) is 10.9 Å². The molecule has 0 aliphatic heterocycles. The van der Waals surface area contributed by atoms with E-state index in [0.717, 1.165) is 5.69 Å². The van der Waals surface area contributed by atoms with Crippen LogP contribution in [0, 0.1) is 0 Å². The first-order chi connectivity index (χ1) is 6.06. The summed E-state index contributed by atoms with van der Waals surface area (Å²) < 4.78 is 0.496. The SMILES string of the molecule is CCc1nc(C(C)Cl)[nH]c(=O)c1Br. The van der Waals surface area contributed by atoms with Gasteiger partial charge in [-0.1, -0.05) is 6.92 Å². The van der Waals surface area contributed by atoms with E-state index in [1.54, 1.807) is 6.92 Å². The lowest BCUT2D eigenvalue weighted by Crippen LogP contribution is -2.15. The van der Waals surface area contributed by atoms with Gasteiger partial charge in [-0.15, -0.1) is 11.6 Å². The molecule has 0 spiro atoms. The third kappa shape index (κ3) is 2.31. The van der Waals surface area contributed by atoms with E-state index in [0.29, 0.717) is 16.7 Å². The van der Waals surface area contributed by atoms with E-state index in [9.17, 15) is 4.79 Å². The number of nitrogens with zero attached hydrogens (tertiary/aromatic N) is 1. The Morgan fingerprint density at radius 1 is 1.69 bits per heavy atom. The molecule has 13 heavy (non-hydrogen) atoms. The highest BCUT2D eigenvalue weighted by Gasteiger charge is 2.10. The van der Waals surface area contributed by atoms with Crippen LogP contribution in [-0.4, -0.2) is 9.97 Å². The van der Waals surface area contributed by atoms with Crippen LogP contribution in [0.4, 0.5) is 0 Å². The summed E-state index contributed by atoms with van der Waals surface area (Å²) in [5.41, 5.74) is 0.570. The third-order valence-corrected chi connectivity index (χ3v) is 2.69. The van der Waals surface area contributed by atoms with E-state index in [4.69, 9.17) is 11.6 Å². The van der Waals surface area contributed by atoms with Crippen LogP contribution in [0.3, 0.4) is 0 Å². The number of aromatic amines is 1. The number of halogens is 2. The van der Waals surface area contributed by atoms with E-state index in [1.807, 2.05) is 6.92 Å². The lowest BCUT2D eigenvalue weighted by Gasteiger charge is -2.05. The zero-order chi connectivity index (χ0) is 10.0. The van der Waals surface area contributed by atoms with Gasteiger partial charge in [0.1, 0.15) is 10.3 Å². The molecule has 1 unspecified atom stereocenters. The maximum atomic E-state index is 11.3. The van der Waals surface area contributed by atoms with Gasteiger partial charge in [-0.2, -0.15) is 0 Å². The normalized spacial score (nSPS) is 12.9. The Balaban J connectivity index is 3.31. The fraction of sp³-hybridized carbons (Fsp3) is 0.500. The lowest BCUT2D eigenvalue weighted by molar-refractivity contribution is 0.843. The largest absolute Gasteiger partial charge is 0.308 e. The Morgan fingerprint density at radius 3 is 2.77 bits per heavy atom. The van der Waals surface area contributed by atoms with Gasteiger partial charge in [-0.05, 0) is 29.3 Å².